The molecule has 0 spiro atoms. The van der Waals surface area contributed by atoms with Gasteiger partial charge in [-0.25, -0.2) is 18.2 Å². The molecule has 0 atom stereocenters. The van der Waals surface area contributed by atoms with Gasteiger partial charge < -0.3 is 4.90 Å². The Hall–Kier alpha value is -1.89. The third-order valence-electron chi connectivity index (χ3n) is 4.04. The number of piperidine rings is 1. The van der Waals surface area contributed by atoms with Crippen molar-refractivity contribution in [1.29, 1.82) is 0 Å². The molecule has 122 valence electrons. The molecule has 3 rings (SSSR count). The molecule has 0 N–H and O–H groups in total. The van der Waals surface area contributed by atoms with Crippen molar-refractivity contribution >= 4 is 17.2 Å². The molecule has 0 aliphatic carbocycles. The predicted molar refractivity (Wildman–Crippen MR) is 81.0 cm³/mol. The summed E-state index contributed by atoms with van der Waals surface area (Å²) in [6.45, 7) is 2.88. The zero-order valence-corrected chi connectivity index (χ0v) is 13.3. The van der Waals surface area contributed by atoms with Crippen LogP contribution in [0.2, 0.25) is 0 Å². The number of hydrogen-bond donors (Lipinski definition) is 0. The first-order chi connectivity index (χ1) is 11.0. The number of halogens is 3. The molecule has 0 unspecified atom stereocenters. The first-order valence-electron chi connectivity index (χ1n) is 7.32. The Labute approximate surface area is 135 Å². The van der Waals surface area contributed by atoms with Gasteiger partial charge in [0.25, 0.3) is 5.91 Å². The van der Waals surface area contributed by atoms with Gasteiger partial charge in [0.1, 0.15) is 0 Å². The number of nitrogens with zero attached hydrogens (tertiary/aromatic N) is 2. The van der Waals surface area contributed by atoms with Crippen LogP contribution in [-0.4, -0.2) is 28.9 Å². The number of aromatic nitrogens is 1. The molecule has 1 aromatic carbocycles. The van der Waals surface area contributed by atoms with Crippen LogP contribution in [0, 0.1) is 24.4 Å². The zero-order chi connectivity index (χ0) is 16.6. The second-order valence-corrected chi connectivity index (χ2v) is 6.86. The molecule has 2 aromatic rings. The molecule has 0 bridgehead atoms. The average molecular weight is 340 g/mol. The molecule has 1 aromatic heterocycles. The van der Waals surface area contributed by atoms with E-state index in [0.717, 1.165) is 34.9 Å². The minimum Gasteiger partial charge on any atom is -0.339 e. The highest BCUT2D eigenvalue weighted by atomic mass is 32.1. The smallest absolute Gasteiger partial charge is 0.256 e. The third kappa shape index (κ3) is 3.10. The molecule has 1 aliphatic rings. The highest BCUT2D eigenvalue weighted by Gasteiger charge is 2.28. The molecule has 0 saturated carbocycles. The van der Waals surface area contributed by atoms with E-state index in [0.29, 0.717) is 13.1 Å². The topological polar surface area (TPSA) is 33.2 Å². The van der Waals surface area contributed by atoms with Gasteiger partial charge in [0.2, 0.25) is 0 Å². The number of carbonyl (C=O) groups excluding carboxylic acids is 1. The lowest BCUT2D eigenvalue weighted by Crippen LogP contribution is -2.38. The number of benzene rings is 1. The molecule has 1 fully saturated rings. The van der Waals surface area contributed by atoms with Crippen molar-refractivity contribution in [3.63, 3.8) is 0 Å². The van der Waals surface area contributed by atoms with Crippen molar-refractivity contribution in [2.75, 3.05) is 13.1 Å². The summed E-state index contributed by atoms with van der Waals surface area (Å²) in [6, 6.07) is 1.77. The van der Waals surface area contributed by atoms with Crippen molar-refractivity contribution in [3.8, 4) is 0 Å². The molecule has 23 heavy (non-hydrogen) atoms. The van der Waals surface area contributed by atoms with Crippen molar-refractivity contribution < 1.29 is 18.0 Å². The summed E-state index contributed by atoms with van der Waals surface area (Å²) >= 11 is 1.64. The van der Waals surface area contributed by atoms with Gasteiger partial charge in [0.15, 0.2) is 17.5 Å². The normalized spacial score (nSPS) is 15.9. The molecule has 1 amide bonds. The second kappa shape index (κ2) is 6.31. The fourth-order valence-corrected chi connectivity index (χ4v) is 3.69. The first-order valence-corrected chi connectivity index (χ1v) is 8.14. The standard InChI is InChI=1S/C16H15F3N2OS/c1-9-8-20-15(23-9)10-4-6-21(7-5-10)16(22)11-2-3-12(17)14(19)13(11)18/h2-3,8,10H,4-7H2,1H3. The Morgan fingerprint density at radius 3 is 2.52 bits per heavy atom. The van der Waals surface area contributed by atoms with Crippen LogP contribution in [0.3, 0.4) is 0 Å². The Kier molecular flexibility index (Phi) is 4.39. The Morgan fingerprint density at radius 2 is 1.91 bits per heavy atom. The van der Waals surface area contributed by atoms with E-state index in [9.17, 15) is 18.0 Å². The molecule has 1 aliphatic heterocycles. The fraction of sp³-hybridized carbons (Fsp3) is 0.375. The summed E-state index contributed by atoms with van der Waals surface area (Å²) in [5.74, 6) is -4.64. The van der Waals surface area contributed by atoms with Gasteiger partial charge in [0.05, 0.1) is 10.6 Å². The minimum atomic E-state index is -1.61. The molecule has 7 heteroatoms. The lowest BCUT2D eigenvalue weighted by molar-refractivity contribution is 0.0707. The van der Waals surface area contributed by atoms with E-state index in [2.05, 4.69) is 4.98 Å². The van der Waals surface area contributed by atoms with Crippen LogP contribution >= 0.6 is 11.3 Å². The number of likely N-dealkylation sites (tertiary alicyclic amines) is 1. The summed E-state index contributed by atoms with van der Waals surface area (Å²) in [6.07, 6.45) is 3.28. The molecular weight excluding hydrogens is 325 g/mol. The SMILES string of the molecule is Cc1cnc(C2CCN(C(=O)c3ccc(F)c(F)c3F)CC2)s1. The van der Waals surface area contributed by atoms with Crippen molar-refractivity contribution in [3.05, 3.63) is 51.2 Å². The lowest BCUT2D eigenvalue weighted by atomic mass is 9.97. The summed E-state index contributed by atoms with van der Waals surface area (Å²) in [5.41, 5.74) is -0.424. The van der Waals surface area contributed by atoms with Gasteiger partial charge in [-0.05, 0) is 31.9 Å². The molecule has 0 radical (unpaired) electrons. The van der Waals surface area contributed by atoms with Crippen LogP contribution in [0.5, 0.6) is 0 Å². The Morgan fingerprint density at radius 1 is 1.22 bits per heavy atom. The van der Waals surface area contributed by atoms with E-state index in [1.165, 1.54) is 4.90 Å². The van der Waals surface area contributed by atoms with Gasteiger partial charge in [-0.3, -0.25) is 4.79 Å². The van der Waals surface area contributed by atoms with Crippen molar-refractivity contribution in [2.24, 2.45) is 0 Å². The minimum absolute atomic E-state index is 0.285. The van der Waals surface area contributed by atoms with E-state index in [4.69, 9.17) is 0 Å². The maximum atomic E-state index is 13.7. The Balaban J connectivity index is 1.70. The molecule has 3 nitrogen and oxygen atoms in total. The number of aryl methyl sites for hydroxylation is 1. The predicted octanol–water partition coefficient (Wildman–Crippen LogP) is 3.89. The van der Waals surface area contributed by atoms with Crippen LogP contribution in [0.4, 0.5) is 13.2 Å². The lowest BCUT2D eigenvalue weighted by Gasteiger charge is -2.31. The number of hydrogen-bond acceptors (Lipinski definition) is 3. The zero-order valence-electron chi connectivity index (χ0n) is 12.5. The summed E-state index contributed by atoms with van der Waals surface area (Å²) in [7, 11) is 0. The number of carbonyl (C=O) groups is 1. The molecule has 1 saturated heterocycles. The van der Waals surface area contributed by atoms with E-state index in [1.54, 1.807) is 11.3 Å². The number of thiazole rings is 1. The van der Waals surface area contributed by atoms with Gasteiger partial charge in [0, 0.05) is 30.1 Å². The van der Waals surface area contributed by atoms with Crippen molar-refractivity contribution in [1.82, 2.24) is 9.88 Å². The van der Waals surface area contributed by atoms with Gasteiger partial charge in [-0.1, -0.05) is 0 Å². The fourth-order valence-electron chi connectivity index (χ4n) is 2.75. The summed E-state index contributed by atoms with van der Waals surface area (Å²) in [5, 5.41) is 1.05. The van der Waals surface area contributed by atoms with Crippen LogP contribution in [-0.2, 0) is 0 Å². The average Bonchev–Trinajstić information content (AvgIpc) is 2.99. The number of amides is 1. The molecule has 2 heterocycles. The quantitative estimate of drug-likeness (QED) is 0.777. The van der Waals surface area contributed by atoms with Crippen LogP contribution in [0.15, 0.2) is 18.3 Å². The van der Waals surface area contributed by atoms with Crippen LogP contribution in [0.1, 0.15) is 39.0 Å². The molecular formula is C16H15F3N2OS. The van der Waals surface area contributed by atoms with Crippen LogP contribution in [0.25, 0.3) is 0 Å². The van der Waals surface area contributed by atoms with E-state index >= 15 is 0 Å². The number of rotatable bonds is 2. The van der Waals surface area contributed by atoms with E-state index < -0.39 is 28.9 Å². The highest BCUT2D eigenvalue weighted by Crippen LogP contribution is 2.31. The van der Waals surface area contributed by atoms with Crippen molar-refractivity contribution in [2.45, 2.75) is 25.7 Å². The monoisotopic (exact) mass is 340 g/mol. The summed E-state index contributed by atoms with van der Waals surface area (Å²) < 4.78 is 40.0. The van der Waals surface area contributed by atoms with E-state index in [-0.39, 0.29) is 5.92 Å². The van der Waals surface area contributed by atoms with E-state index in [1.807, 2.05) is 13.1 Å². The maximum Gasteiger partial charge on any atom is 0.256 e. The largest absolute Gasteiger partial charge is 0.339 e. The highest BCUT2D eigenvalue weighted by molar-refractivity contribution is 7.11. The van der Waals surface area contributed by atoms with Gasteiger partial charge in [-0.15, -0.1) is 11.3 Å². The Bertz CT molecular complexity index is 739. The maximum absolute atomic E-state index is 13.7. The first kappa shape index (κ1) is 16.0. The van der Waals surface area contributed by atoms with Gasteiger partial charge >= 0.3 is 0 Å². The third-order valence-corrected chi connectivity index (χ3v) is 5.11. The van der Waals surface area contributed by atoms with Gasteiger partial charge in [-0.2, -0.15) is 0 Å². The second-order valence-electron chi connectivity index (χ2n) is 5.60. The summed E-state index contributed by atoms with van der Waals surface area (Å²) in [4.78, 5) is 19.3. The van der Waals surface area contributed by atoms with Crippen LogP contribution < -0.4 is 0 Å².